The minimum atomic E-state index is 0.0468. The fraction of sp³-hybridized carbons (Fsp3) is 0.533. The Balaban J connectivity index is 3.45. The van der Waals surface area contributed by atoms with E-state index < -0.39 is 0 Å². The number of aryl methyl sites for hydroxylation is 1. The Hall–Kier alpha value is -1.29. The first kappa shape index (κ1) is 12.8. The lowest BCUT2D eigenvalue weighted by molar-refractivity contribution is 0.562. The molecule has 0 fully saturated rings. The van der Waals surface area contributed by atoms with E-state index in [2.05, 4.69) is 58.5 Å². The van der Waals surface area contributed by atoms with Gasteiger partial charge in [-0.05, 0) is 29.9 Å². The molecule has 86 valence electrons. The van der Waals surface area contributed by atoms with Gasteiger partial charge in [-0.1, -0.05) is 40.7 Å². The van der Waals surface area contributed by atoms with Crippen molar-refractivity contribution in [3.63, 3.8) is 0 Å². The van der Waals surface area contributed by atoms with Crippen LogP contribution in [0.4, 0.5) is 0 Å². The van der Waals surface area contributed by atoms with Crippen molar-refractivity contribution in [2.45, 2.75) is 52.9 Å². The Labute approximate surface area is 99.3 Å². The van der Waals surface area contributed by atoms with Crippen LogP contribution in [0.3, 0.4) is 0 Å². The van der Waals surface area contributed by atoms with Crippen LogP contribution in [0.1, 0.15) is 63.1 Å². The lowest BCUT2D eigenvalue weighted by Crippen LogP contribution is -2.17. The van der Waals surface area contributed by atoms with Crippen LogP contribution >= 0.6 is 0 Å². The Morgan fingerprint density at radius 2 is 1.88 bits per heavy atom. The van der Waals surface area contributed by atoms with E-state index in [0.29, 0.717) is 5.92 Å². The van der Waals surface area contributed by atoms with Gasteiger partial charge in [0.05, 0.1) is 5.69 Å². The van der Waals surface area contributed by atoms with Gasteiger partial charge >= 0.3 is 0 Å². The number of hydrogen-bond donors (Lipinski definition) is 0. The molecule has 0 saturated carbocycles. The molecular weight excluding hydrogens is 194 g/mol. The van der Waals surface area contributed by atoms with Gasteiger partial charge in [0.15, 0.2) is 0 Å². The fourth-order valence-electron chi connectivity index (χ4n) is 1.95. The average molecular weight is 215 g/mol. The molecule has 0 N–H and O–H groups in total. The maximum absolute atomic E-state index is 5.54. The van der Waals surface area contributed by atoms with Crippen molar-refractivity contribution in [2.75, 3.05) is 0 Å². The van der Waals surface area contributed by atoms with Gasteiger partial charge in [-0.3, -0.25) is 0 Å². The third-order valence-electron chi connectivity index (χ3n) is 2.71. The number of nitrogens with zero attached hydrogens (tertiary/aromatic N) is 1. The number of hydrogen-bond acceptors (Lipinski definition) is 1. The van der Waals surface area contributed by atoms with Gasteiger partial charge in [0.1, 0.15) is 5.69 Å². The smallest absolute Gasteiger partial charge is 0.116 e. The fourth-order valence-corrected chi connectivity index (χ4v) is 1.95. The zero-order chi connectivity index (χ0) is 12.5. The minimum absolute atomic E-state index is 0.0468. The molecule has 0 radical (unpaired) electrons. The van der Waals surface area contributed by atoms with Crippen LogP contribution in [0.15, 0.2) is 6.07 Å². The summed E-state index contributed by atoms with van der Waals surface area (Å²) in [5, 5.41) is 0. The molecule has 16 heavy (non-hydrogen) atoms. The second-order valence-corrected chi connectivity index (χ2v) is 5.64. The Morgan fingerprint density at radius 1 is 1.31 bits per heavy atom. The molecule has 0 aromatic carbocycles. The van der Waals surface area contributed by atoms with Crippen LogP contribution in [-0.4, -0.2) is 4.98 Å². The van der Waals surface area contributed by atoms with E-state index in [1.54, 1.807) is 0 Å². The Morgan fingerprint density at radius 3 is 2.25 bits per heavy atom. The largest absolute Gasteiger partial charge is 0.243 e. The van der Waals surface area contributed by atoms with E-state index in [1.807, 2.05) is 0 Å². The van der Waals surface area contributed by atoms with E-state index in [1.165, 1.54) is 11.1 Å². The molecule has 0 unspecified atom stereocenters. The van der Waals surface area contributed by atoms with Gasteiger partial charge in [0, 0.05) is 5.41 Å². The Bertz CT molecular complexity index is 428. The van der Waals surface area contributed by atoms with Crippen LogP contribution in [-0.2, 0) is 5.41 Å². The second-order valence-electron chi connectivity index (χ2n) is 5.64. The van der Waals surface area contributed by atoms with Crippen molar-refractivity contribution >= 4 is 0 Å². The number of rotatable bonds is 1. The van der Waals surface area contributed by atoms with Crippen LogP contribution in [0, 0.1) is 19.3 Å². The van der Waals surface area contributed by atoms with E-state index in [-0.39, 0.29) is 5.41 Å². The van der Waals surface area contributed by atoms with Gasteiger partial charge in [-0.25, -0.2) is 4.98 Å². The zero-order valence-corrected chi connectivity index (χ0v) is 11.2. The topological polar surface area (TPSA) is 12.9 Å². The number of terminal acetylenes is 1. The second kappa shape index (κ2) is 4.29. The Kier molecular flexibility index (Phi) is 3.43. The van der Waals surface area contributed by atoms with Crippen molar-refractivity contribution in [3.05, 3.63) is 28.6 Å². The van der Waals surface area contributed by atoms with Crippen molar-refractivity contribution in [2.24, 2.45) is 0 Å². The molecule has 0 atom stereocenters. The lowest BCUT2D eigenvalue weighted by Gasteiger charge is -2.22. The summed E-state index contributed by atoms with van der Waals surface area (Å²) in [7, 11) is 0. The monoisotopic (exact) mass is 215 g/mol. The van der Waals surface area contributed by atoms with Crippen molar-refractivity contribution < 1.29 is 0 Å². The van der Waals surface area contributed by atoms with Gasteiger partial charge < -0.3 is 0 Å². The van der Waals surface area contributed by atoms with E-state index >= 15 is 0 Å². The summed E-state index contributed by atoms with van der Waals surface area (Å²) in [5.74, 6) is 3.13. The summed E-state index contributed by atoms with van der Waals surface area (Å²) < 4.78 is 0. The van der Waals surface area contributed by atoms with Crippen LogP contribution in [0.2, 0.25) is 0 Å². The van der Waals surface area contributed by atoms with E-state index in [0.717, 1.165) is 11.4 Å². The van der Waals surface area contributed by atoms with Gasteiger partial charge in [0.25, 0.3) is 0 Å². The normalized spacial score (nSPS) is 11.6. The maximum Gasteiger partial charge on any atom is 0.116 e. The first-order valence-electron chi connectivity index (χ1n) is 5.76. The van der Waals surface area contributed by atoms with E-state index in [4.69, 9.17) is 6.42 Å². The first-order valence-corrected chi connectivity index (χ1v) is 5.76. The highest BCUT2D eigenvalue weighted by Crippen LogP contribution is 2.27. The summed E-state index contributed by atoms with van der Waals surface area (Å²) in [6.07, 6.45) is 5.54. The van der Waals surface area contributed by atoms with Crippen molar-refractivity contribution in [1.29, 1.82) is 0 Å². The molecule has 0 bridgehead atoms. The van der Waals surface area contributed by atoms with Crippen LogP contribution < -0.4 is 0 Å². The molecule has 1 heteroatoms. The highest BCUT2D eigenvalue weighted by atomic mass is 14.7. The molecule has 0 saturated heterocycles. The van der Waals surface area contributed by atoms with Crippen LogP contribution in [0.5, 0.6) is 0 Å². The average Bonchev–Trinajstić information content (AvgIpc) is 2.15. The highest BCUT2D eigenvalue weighted by molar-refractivity contribution is 5.41. The molecule has 1 nitrogen and oxygen atoms in total. The summed E-state index contributed by atoms with van der Waals surface area (Å²) in [6, 6.07) is 2.19. The number of aromatic nitrogens is 1. The molecule has 1 aromatic rings. The maximum atomic E-state index is 5.54. The first-order chi connectivity index (χ1) is 7.27. The summed E-state index contributed by atoms with van der Waals surface area (Å²) in [4.78, 5) is 4.65. The van der Waals surface area contributed by atoms with Crippen LogP contribution in [0.25, 0.3) is 0 Å². The summed E-state index contributed by atoms with van der Waals surface area (Å²) in [6.45, 7) is 12.9. The highest BCUT2D eigenvalue weighted by Gasteiger charge is 2.20. The molecule has 0 spiro atoms. The predicted molar refractivity (Wildman–Crippen MR) is 69.7 cm³/mol. The molecular formula is C15H21N. The molecule has 1 rings (SSSR count). The van der Waals surface area contributed by atoms with Crippen molar-refractivity contribution in [3.8, 4) is 12.3 Å². The van der Waals surface area contributed by atoms with E-state index in [9.17, 15) is 0 Å². The van der Waals surface area contributed by atoms with Crippen molar-refractivity contribution in [1.82, 2.24) is 4.98 Å². The molecule has 0 aliphatic carbocycles. The third kappa shape index (κ3) is 2.44. The summed E-state index contributed by atoms with van der Waals surface area (Å²) in [5.41, 5.74) is 4.35. The summed E-state index contributed by atoms with van der Waals surface area (Å²) >= 11 is 0. The zero-order valence-electron chi connectivity index (χ0n) is 11.2. The van der Waals surface area contributed by atoms with Gasteiger partial charge in [-0.15, -0.1) is 6.42 Å². The number of pyridine rings is 1. The third-order valence-corrected chi connectivity index (χ3v) is 2.71. The molecule has 1 aromatic heterocycles. The predicted octanol–water partition coefficient (Wildman–Crippen LogP) is 3.79. The molecule has 0 amide bonds. The standard InChI is InChI=1S/C15H21N/c1-8-13-12(10(2)3)9-11(4)14(16-13)15(5,6)7/h1,9-10H,2-7H3. The SMILES string of the molecule is C#Cc1nc(C(C)(C)C)c(C)cc1C(C)C. The van der Waals surface area contributed by atoms with Gasteiger partial charge in [0.2, 0.25) is 0 Å². The quantitative estimate of drug-likeness (QED) is 0.649. The molecule has 0 aliphatic heterocycles. The minimum Gasteiger partial charge on any atom is -0.243 e. The van der Waals surface area contributed by atoms with Gasteiger partial charge in [-0.2, -0.15) is 0 Å². The lowest BCUT2D eigenvalue weighted by atomic mass is 9.86. The molecule has 0 aliphatic rings. The molecule has 1 heterocycles.